The molecule has 0 atom stereocenters. The van der Waals surface area contributed by atoms with Crippen molar-refractivity contribution < 1.29 is 10.0 Å². The Hall–Kier alpha value is -1.12. The minimum absolute atomic E-state index is 0.0578. The van der Waals surface area contributed by atoms with Gasteiger partial charge in [0.05, 0.1) is 16.9 Å². The molecular formula is C11H10BCl2N3O2S. The lowest BCUT2D eigenvalue weighted by molar-refractivity contribution is 0.426. The SMILES string of the molecule is Cc1csc(NN=Cc2ccc(Cl)c(B(O)O)c2Cl)n1. The first-order chi connectivity index (χ1) is 9.49. The predicted octanol–water partition coefficient (Wildman–Crippen LogP) is 1.88. The zero-order chi connectivity index (χ0) is 14.7. The van der Waals surface area contributed by atoms with Crippen LogP contribution in [-0.4, -0.2) is 28.4 Å². The van der Waals surface area contributed by atoms with Crippen LogP contribution in [0.1, 0.15) is 11.3 Å². The molecule has 3 N–H and O–H groups in total. The highest BCUT2D eigenvalue weighted by molar-refractivity contribution is 7.13. The lowest BCUT2D eigenvalue weighted by Gasteiger charge is -2.07. The first-order valence-corrected chi connectivity index (χ1v) is 7.18. The maximum Gasteiger partial charge on any atom is 0.491 e. The van der Waals surface area contributed by atoms with E-state index in [0.717, 1.165) is 5.69 Å². The largest absolute Gasteiger partial charge is 0.491 e. The van der Waals surface area contributed by atoms with Crippen LogP contribution in [0.3, 0.4) is 0 Å². The average molecular weight is 330 g/mol. The van der Waals surface area contributed by atoms with Gasteiger partial charge in [0.15, 0.2) is 0 Å². The van der Waals surface area contributed by atoms with Crippen molar-refractivity contribution in [2.45, 2.75) is 6.92 Å². The number of nitrogens with one attached hydrogen (secondary N) is 1. The Morgan fingerprint density at radius 2 is 2.15 bits per heavy atom. The number of aromatic nitrogens is 1. The Labute approximate surface area is 130 Å². The Morgan fingerprint density at radius 3 is 2.75 bits per heavy atom. The van der Waals surface area contributed by atoms with Crippen molar-refractivity contribution in [2.75, 3.05) is 5.43 Å². The number of anilines is 1. The van der Waals surface area contributed by atoms with E-state index >= 15 is 0 Å². The molecule has 0 saturated heterocycles. The normalized spacial score (nSPS) is 11.1. The van der Waals surface area contributed by atoms with E-state index < -0.39 is 7.12 Å². The number of benzene rings is 1. The maximum absolute atomic E-state index is 9.23. The Morgan fingerprint density at radius 1 is 1.40 bits per heavy atom. The molecule has 0 fully saturated rings. The summed E-state index contributed by atoms with van der Waals surface area (Å²) in [6.07, 6.45) is 1.46. The van der Waals surface area contributed by atoms with Gasteiger partial charge in [-0.2, -0.15) is 5.10 Å². The standard InChI is InChI=1S/C11H10BCl2N3O2S/c1-6-5-20-11(16-6)17-15-4-7-2-3-8(13)9(10(7)14)12(18)19/h2-5,18-19H,1H3,(H,16,17). The first-order valence-electron chi connectivity index (χ1n) is 5.54. The summed E-state index contributed by atoms with van der Waals surface area (Å²) in [5, 5.41) is 25.4. The minimum atomic E-state index is -1.74. The van der Waals surface area contributed by atoms with Gasteiger partial charge in [-0.15, -0.1) is 11.3 Å². The van der Waals surface area contributed by atoms with Gasteiger partial charge in [-0.05, 0) is 13.0 Å². The third-order valence-electron chi connectivity index (χ3n) is 2.40. The minimum Gasteiger partial charge on any atom is -0.423 e. The van der Waals surface area contributed by atoms with Crippen LogP contribution >= 0.6 is 34.5 Å². The second-order valence-corrected chi connectivity index (χ2v) is 5.55. The molecule has 1 aromatic heterocycles. The van der Waals surface area contributed by atoms with E-state index in [2.05, 4.69) is 15.5 Å². The molecule has 1 heterocycles. The summed E-state index contributed by atoms with van der Waals surface area (Å²) in [6.45, 7) is 1.89. The van der Waals surface area contributed by atoms with Gasteiger partial charge in [0.2, 0.25) is 5.13 Å². The number of hydrogen-bond donors (Lipinski definition) is 3. The smallest absolute Gasteiger partial charge is 0.423 e. The molecule has 2 aromatic rings. The van der Waals surface area contributed by atoms with Crippen LogP contribution in [0, 0.1) is 6.92 Å². The quantitative estimate of drug-likeness (QED) is 0.454. The number of halogens is 2. The topological polar surface area (TPSA) is 77.7 Å². The van der Waals surface area contributed by atoms with Crippen molar-refractivity contribution in [1.29, 1.82) is 0 Å². The summed E-state index contributed by atoms with van der Waals surface area (Å²) in [7, 11) is -1.74. The van der Waals surface area contributed by atoms with Crippen LogP contribution in [0.2, 0.25) is 10.0 Å². The molecule has 0 unspecified atom stereocenters. The van der Waals surface area contributed by atoms with Gasteiger partial charge in [0, 0.05) is 21.4 Å². The van der Waals surface area contributed by atoms with E-state index in [1.807, 2.05) is 12.3 Å². The van der Waals surface area contributed by atoms with Gasteiger partial charge in [0.25, 0.3) is 0 Å². The van der Waals surface area contributed by atoms with E-state index in [-0.39, 0.29) is 15.5 Å². The molecule has 2 rings (SSSR count). The van der Waals surface area contributed by atoms with Gasteiger partial charge in [-0.25, -0.2) is 4.98 Å². The van der Waals surface area contributed by atoms with Gasteiger partial charge in [0.1, 0.15) is 0 Å². The lowest BCUT2D eigenvalue weighted by atomic mass is 9.79. The molecule has 20 heavy (non-hydrogen) atoms. The van der Waals surface area contributed by atoms with Gasteiger partial charge in [-0.1, -0.05) is 29.3 Å². The van der Waals surface area contributed by atoms with Crippen molar-refractivity contribution in [3.8, 4) is 0 Å². The van der Waals surface area contributed by atoms with E-state index in [0.29, 0.717) is 10.7 Å². The highest BCUT2D eigenvalue weighted by Gasteiger charge is 2.20. The van der Waals surface area contributed by atoms with Crippen LogP contribution in [0.5, 0.6) is 0 Å². The Kier molecular flexibility index (Phi) is 5.01. The third kappa shape index (κ3) is 3.50. The molecule has 104 valence electrons. The number of nitrogens with zero attached hydrogens (tertiary/aromatic N) is 2. The summed E-state index contributed by atoms with van der Waals surface area (Å²) in [5.41, 5.74) is 4.24. The third-order valence-corrected chi connectivity index (χ3v) is 4.01. The molecule has 0 spiro atoms. The van der Waals surface area contributed by atoms with Crippen molar-refractivity contribution in [1.82, 2.24) is 4.98 Å². The zero-order valence-corrected chi connectivity index (χ0v) is 12.7. The van der Waals surface area contributed by atoms with Gasteiger partial charge in [-0.3, -0.25) is 5.43 Å². The number of thiazole rings is 1. The molecular weight excluding hydrogens is 320 g/mol. The fourth-order valence-corrected chi connectivity index (χ4v) is 2.74. The second-order valence-electron chi connectivity index (χ2n) is 3.90. The van der Waals surface area contributed by atoms with E-state index in [9.17, 15) is 10.0 Å². The molecule has 5 nitrogen and oxygen atoms in total. The highest BCUT2D eigenvalue weighted by Crippen LogP contribution is 2.18. The molecule has 0 amide bonds. The number of hydrogen-bond acceptors (Lipinski definition) is 6. The molecule has 0 aliphatic rings. The summed E-state index contributed by atoms with van der Waals surface area (Å²) in [4.78, 5) is 4.18. The van der Waals surface area contributed by atoms with Crippen molar-refractivity contribution in [3.05, 3.63) is 38.8 Å². The Balaban J connectivity index is 2.19. The van der Waals surface area contributed by atoms with Crippen molar-refractivity contribution in [3.63, 3.8) is 0 Å². The van der Waals surface area contributed by atoms with Crippen molar-refractivity contribution in [2.24, 2.45) is 5.10 Å². The fraction of sp³-hybridized carbons (Fsp3) is 0.0909. The molecule has 0 saturated carbocycles. The van der Waals surface area contributed by atoms with E-state index in [1.165, 1.54) is 23.6 Å². The molecule has 9 heteroatoms. The van der Waals surface area contributed by atoms with Gasteiger partial charge < -0.3 is 10.0 Å². The van der Waals surface area contributed by atoms with E-state index in [1.54, 1.807) is 6.07 Å². The van der Waals surface area contributed by atoms with Crippen LogP contribution in [0.25, 0.3) is 0 Å². The summed E-state index contributed by atoms with van der Waals surface area (Å²) in [5.74, 6) is 0. The maximum atomic E-state index is 9.23. The van der Waals surface area contributed by atoms with Crippen molar-refractivity contribution >= 4 is 58.5 Å². The molecule has 0 aliphatic heterocycles. The molecule has 1 aromatic carbocycles. The number of aryl methyl sites for hydroxylation is 1. The molecule has 0 bridgehead atoms. The van der Waals surface area contributed by atoms with E-state index in [4.69, 9.17) is 23.2 Å². The van der Waals surface area contributed by atoms with Crippen LogP contribution in [0.15, 0.2) is 22.6 Å². The number of rotatable bonds is 4. The first kappa shape index (κ1) is 15.3. The molecule has 0 radical (unpaired) electrons. The van der Waals surface area contributed by atoms with Crippen LogP contribution < -0.4 is 10.9 Å². The Bertz CT molecular complexity index is 649. The second kappa shape index (κ2) is 6.56. The highest BCUT2D eigenvalue weighted by atomic mass is 35.5. The zero-order valence-electron chi connectivity index (χ0n) is 10.3. The number of hydrazone groups is 1. The lowest BCUT2D eigenvalue weighted by Crippen LogP contribution is -2.32. The fourth-order valence-electron chi connectivity index (χ4n) is 1.48. The summed E-state index contributed by atoms with van der Waals surface area (Å²) >= 11 is 13.3. The monoisotopic (exact) mass is 329 g/mol. The summed E-state index contributed by atoms with van der Waals surface area (Å²) in [6, 6.07) is 3.16. The average Bonchev–Trinajstić information content (AvgIpc) is 2.77. The summed E-state index contributed by atoms with van der Waals surface area (Å²) < 4.78 is 0. The van der Waals surface area contributed by atoms with Crippen LogP contribution in [0.4, 0.5) is 5.13 Å². The van der Waals surface area contributed by atoms with Crippen LogP contribution in [-0.2, 0) is 0 Å². The van der Waals surface area contributed by atoms with Gasteiger partial charge >= 0.3 is 7.12 Å². The molecule has 0 aliphatic carbocycles. The predicted molar refractivity (Wildman–Crippen MR) is 84.4 cm³/mol.